The van der Waals surface area contributed by atoms with Gasteiger partial charge in [0.25, 0.3) is 5.91 Å². The highest BCUT2D eigenvalue weighted by atomic mass is 16.5. The third kappa shape index (κ3) is 3.28. The molecule has 7 heteroatoms. The molecule has 2 aromatic carbocycles. The number of fused-ring (bicyclic) bond motifs is 3. The van der Waals surface area contributed by atoms with Gasteiger partial charge in [-0.05, 0) is 23.8 Å². The van der Waals surface area contributed by atoms with Crippen LogP contribution in [-0.4, -0.2) is 23.0 Å². The molecule has 0 saturated heterocycles. The maximum absolute atomic E-state index is 12.1. The number of benzene rings is 2. The standard InChI is InChI=1S/C21H20N4O3/c1-27-12-16-19-15-9-14(28-11-13-5-3-2-4-6-13)7-8-17(15)24-18(19)10-23-20(16)21(26)25-22/h2-10,24H,11-12,22H2,1H3,(H,25,26). The number of pyridine rings is 1. The normalized spacial score (nSPS) is 11.1. The average molecular weight is 376 g/mol. The highest BCUT2D eigenvalue weighted by Crippen LogP contribution is 2.32. The monoisotopic (exact) mass is 376 g/mol. The average Bonchev–Trinajstić information content (AvgIpc) is 3.11. The second-order valence-corrected chi connectivity index (χ2v) is 6.39. The first-order chi connectivity index (χ1) is 13.7. The van der Waals surface area contributed by atoms with Crippen LogP contribution in [0.3, 0.4) is 0 Å². The summed E-state index contributed by atoms with van der Waals surface area (Å²) in [4.78, 5) is 19.7. The summed E-state index contributed by atoms with van der Waals surface area (Å²) in [6.07, 6.45) is 1.63. The van der Waals surface area contributed by atoms with Crippen molar-refractivity contribution in [3.8, 4) is 5.75 Å². The van der Waals surface area contributed by atoms with E-state index in [-0.39, 0.29) is 12.3 Å². The SMILES string of the molecule is COCc1c(C(=O)NN)ncc2[nH]c3ccc(OCc4ccccc4)cc3c12. The largest absolute Gasteiger partial charge is 0.489 e. The minimum absolute atomic E-state index is 0.231. The predicted molar refractivity (Wildman–Crippen MR) is 107 cm³/mol. The van der Waals surface area contributed by atoms with Crippen molar-refractivity contribution in [2.24, 2.45) is 5.84 Å². The van der Waals surface area contributed by atoms with Crippen molar-refractivity contribution in [2.45, 2.75) is 13.2 Å². The van der Waals surface area contributed by atoms with Gasteiger partial charge in [0.15, 0.2) is 0 Å². The number of carbonyl (C=O) groups is 1. The lowest BCUT2D eigenvalue weighted by Crippen LogP contribution is -2.31. The Balaban J connectivity index is 1.80. The molecule has 142 valence electrons. The van der Waals surface area contributed by atoms with E-state index < -0.39 is 5.91 Å². The molecule has 0 aliphatic carbocycles. The number of methoxy groups -OCH3 is 1. The van der Waals surface area contributed by atoms with E-state index in [0.717, 1.165) is 33.1 Å². The fourth-order valence-electron chi connectivity index (χ4n) is 3.32. The van der Waals surface area contributed by atoms with Crippen LogP contribution in [0.4, 0.5) is 0 Å². The molecule has 0 aliphatic heterocycles. The lowest BCUT2D eigenvalue weighted by Gasteiger charge is -2.09. The number of aromatic amines is 1. The van der Waals surface area contributed by atoms with Gasteiger partial charge < -0.3 is 14.5 Å². The number of hydrogen-bond acceptors (Lipinski definition) is 5. The Hall–Kier alpha value is -3.42. The summed E-state index contributed by atoms with van der Waals surface area (Å²) in [6.45, 7) is 0.706. The number of aromatic nitrogens is 2. The van der Waals surface area contributed by atoms with E-state index in [9.17, 15) is 4.79 Å². The second kappa shape index (κ2) is 7.67. The van der Waals surface area contributed by atoms with Crippen molar-refractivity contribution >= 4 is 27.7 Å². The highest BCUT2D eigenvalue weighted by Gasteiger charge is 2.19. The Labute approximate surface area is 161 Å². The number of hydrogen-bond donors (Lipinski definition) is 3. The molecule has 2 heterocycles. The Morgan fingerprint density at radius 1 is 1.14 bits per heavy atom. The minimum atomic E-state index is -0.459. The Kier molecular flexibility index (Phi) is 4.92. The number of carbonyl (C=O) groups excluding carboxylic acids is 1. The fraction of sp³-hybridized carbons (Fsp3) is 0.143. The van der Waals surface area contributed by atoms with E-state index in [2.05, 4.69) is 15.4 Å². The molecule has 4 rings (SSSR count). The van der Waals surface area contributed by atoms with E-state index in [0.29, 0.717) is 12.2 Å². The molecule has 0 unspecified atom stereocenters. The Bertz CT molecular complexity index is 1140. The van der Waals surface area contributed by atoms with E-state index >= 15 is 0 Å². The van der Waals surface area contributed by atoms with Crippen molar-refractivity contribution in [2.75, 3.05) is 7.11 Å². The highest BCUT2D eigenvalue weighted by molar-refractivity contribution is 6.11. The molecule has 4 aromatic rings. The van der Waals surface area contributed by atoms with Crippen molar-refractivity contribution in [1.29, 1.82) is 0 Å². The molecule has 0 atom stereocenters. The summed E-state index contributed by atoms with van der Waals surface area (Å²) < 4.78 is 11.3. The zero-order chi connectivity index (χ0) is 19.5. The molecular weight excluding hydrogens is 356 g/mol. The molecule has 0 fully saturated rings. The molecule has 2 aromatic heterocycles. The van der Waals surface area contributed by atoms with Gasteiger partial charge in [0.05, 0.1) is 18.3 Å². The number of nitrogens with two attached hydrogens (primary N) is 1. The second-order valence-electron chi connectivity index (χ2n) is 6.39. The molecular formula is C21H20N4O3. The number of amides is 1. The summed E-state index contributed by atoms with van der Waals surface area (Å²) in [5, 5.41) is 1.80. The molecule has 1 amide bonds. The number of hydrazine groups is 1. The van der Waals surface area contributed by atoms with Crippen LogP contribution in [0.25, 0.3) is 21.8 Å². The summed E-state index contributed by atoms with van der Waals surface area (Å²) in [7, 11) is 1.58. The van der Waals surface area contributed by atoms with Gasteiger partial charge in [-0.3, -0.25) is 10.2 Å². The summed E-state index contributed by atoms with van der Waals surface area (Å²) >= 11 is 0. The van der Waals surface area contributed by atoms with Crippen LogP contribution in [-0.2, 0) is 18.0 Å². The number of nitrogens with one attached hydrogen (secondary N) is 2. The van der Waals surface area contributed by atoms with Gasteiger partial charge >= 0.3 is 0 Å². The zero-order valence-electron chi connectivity index (χ0n) is 15.4. The topological polar surface area (TPSA) is 102 Å². The molecule has 0 spiro atoms. The minimum Gasteiger partial charge on any atom is -0.489 e. The Morgan fingerprint density at radius 3 is 2.71 bits per heavy atom. The van der Waals surface area contributed by atoms with E-state index in [1.807, 2.05) is 48.5 Å². The van der Waals surface area contributed by atoms with Crippen molar-refractivity contribution < 1.29 is 14.3 Å². The fourth-order valence-corrected chi connectivity index (χ4v) is 3.32. The van der Waals surface area contributed by atoms with Gasteiger partial charge in [0.2, 0.25) is 0 Å². The third-order valence-electron chi connectivity index (χ3n) is 4.59. The first-order valence-electron chi connectivity index (χ1n) is 8.81. The van der Waals surface area contributed by atoms with Crippen LogP contribution in [0.5, 0.6) is 5.75 Å². The lowest BCUT2D eigenvalue weighted by molar-refractivity contribution is 0.0943. The molecule has 0 bridgehead atoms. The smallest absolute Gasteiger partial charge is 0.284 e. The maximum atomic E-state index is 12.1. The van der Waals surface area contributed by atoms with Crippen molar-refractivity contribution in [1.82, 2.24) is 15.4 Å². The van der Waals surface area contributed by atoms with Crippen molar-refractivity contribution in [3.63, 3.8) is 0 Å². The first kappa shape index (κ1) is 18.0. The van der Waals surface area contributed by atoms with Crippen LogP contribution in [0.15, 0.2) is 54.7 Å². The maximum Gasteiger partial charge on any atom is 0.284 e. The third-order valence-corrected chi connectivity index (χ3v) is 4.59. The van der Waals surface area contributed by atoms with Crippen molar-refractivity contribution in [3.05, 3.63) is 71.5 Å². The summed E-state index contributed by atoms with van der Waals surface area (Å²) in [5.41, 5.74) is 5.89. The zero-order valence-corrected chi connectivity index (χ0v) is 15.4. The van der Waals surface area contributed by atoms with Crippen LogP contribution in [0.1, 0.15) is 21.6 Å². The molecule has 0 aliphatic rings. The number of ether oxygens (including phenoxy) is 2. The van der Waals surface area contributed by atoms with Crippen LogP contribution < -0.4 is 16.0 Å². The Morgan fingerprint density at radius 2 is 1.96 bits per heavy atom. The van der Waals surface area contributed by atoms with E-state index in [1.165, 1.54) is 0 Å². The van der Waals surface area contributed by atoms with Gasteiger partial charge in [-0.1, -0.05) is 30.3 Å². The van der Waals surface area contributed by atoms with Gasteiger partial charge in [-0.15, -0.1) is 0 Å². The quantitative estimate of drug-likeness (QED) is 0.273. The number of rotatable bonds is 6. The lowest BCUT2D eigenvalue weighted by atomic mass is 10.1. The predicted octanol–water partition coefficient (Wildman–Crippen LogP) is 3.05. The van der Waals surface area contributed by atoms with Crippen LogP contribution in [0, 0.1) is 0 Å². The molecule has 0 saturated carbocycles. The van der Waals surface area contributed by atoms with Gasteiger partial charge in [-0.2, -0.15) is 0 Å². The van der Waals surface area contributed by atoms with E-state index in [1.54, 1.807) is 13.3 Å². The molecule has 0 radical (unpaired) electrons. The molecule has 4 N–H and O–H groups in total. The van der Waals surface area contributed by atoms with Gasteiger partial charge in [0, 0.05) is 29.0 Å². The van der Waals surface area contributed by atoms with E-state index in [4.69, 9.17) is 15.3 Å². The van der Waals surface area contributed by atoms with Crippen LogP contribution >= 0.6 is 0 Å². The number of nitrogen functional groups attached to an aromatic ring is 1. The number of nitrogens with zero attached hydrogens (tertiary/aromatic N) is 1. The molecule has 7 nitrogen and oxygen atoms in total. The van der Waals surface area contributed by atoms with Gasteiger partial charge in [-0.25, -0.2) is 10.8 Å². The number of H-pyrrole nitrogens is 1. The van der Waals surface area contributed by atoms with Gasteiger partial charge in [0.1, 0.15) is 18.1 Å². The summed E-state index contributed by atoms with van der Waals surface area (Å²) in [6, 6.07) is 15.8. The molecule has 28 heavy (non-hydrogen) atoms. The first-order valence-corrected chi connectivity index (χ1v) is 8.81. The summed E-state index contributed by atoms with van der Waals surface area (Å²) in [5.74, 6) is 5.59. The van der Waals surface area contributed by atoms with Crippen LogP contribution in [0.2, 0.25) is 0 Å².